The molecule has 0 radical (unpaired) electrons. The fourth-order valence-corrected chi connectivity index (χ4v) is 4.64. The highest BCUT2D eigenvalue weighted by molar-refractivity contribution is 7.14. The van der Waals surface area contributed by atoms with Gasteiger partial charge in [0.15, 0.2) is 10.8 Å². The Balaban J connectivity index is 1.59. The molecular formula is C22H27N3O3S. The third-order valence-corrected chi connectivity index (χ3v) is 6.40. The van der Waals surface area contributed by atoms with Crippen LogP contribution < -0.4 is 4.74 Å². The normalized spacial score (nSPS) is 17.1. The summed E-state index contributed by atoms with van der Waals surface area (Å²) in [5, 5.41) is 10.3. The lowest BCUT2D eigenvalue weighted by Gasteiger charge is -2.38. The van der Waals surface area contributed by atoms with Crippen LogP contribution in [0.3, 0.4) is 0 Å². The van der Waals surface area contributed by atoms with E-state index in [1.54, 1.807) is 25.2 Å². The Morgan fingerprint density at radius 1 is 1.21 bits per heavy atom. The van der Waals surface area contributed by atoms with Crippen molar-refractivity contribution >= 4 is 28.8 Å². The number of thiophene rings is 1. The van der Waals surface area contributed by atoms with Crippen LogP contribution >= 0.6 is 11.3 Å². The summed E-state index contributed by atoms with van der Waals surface area (Å²) in [6.45, 7) is 11.5. The van der Waals surface area contributed by atoms with Crippen molar-refractivity contribution in [3.05, 3.63) is 40.3 Å². The van der Waals surface area contributed by atoms with Gasteiger partial charge in [0.25, 0.3) is 0 Å². The second kappa shape index (κ2) is 7.46. The van der Waals surface area contributed by atoms with Crippen LogP contribution in [0, 0.1) is 19.3 Å². The molecule has 0 atom stereocenters. The fraction of sp³-hybridized carbons (Fsp3) is 0.455. The number of rotatable bonds is 3. The van der Waals surface area contributed by atoms with Gasteiger partial charge in [0, 0.05) is 37.6 Å². The van der Waals surface area contributed by atoms with Crippen LogP contribution in [-0.2, 0) is 4.79 Å². The van der Waals surface area contributed by atoms with Gasteiger partial charge in [0.05, 0.1) is 11.0 Å². The van der Waals surface area contributed by atoms with E-state index < -0.39 is 11.4 Å². The van der Waals surface area contributed by atoms with Gasteiger partial charge in [-0.1, -0.05) is 6.07 Å². The van der Waals surface area contributed by atoms with E-state index in [-0.39, 0.29) is 0 Å². The Morgan fingerprint density at radius 3 is 2.62 bits per heavy atom. The van der Waals surface area contributed by atoms with Gasteiger partial charge >= 0.3 is 5.97 Å². The third-order valence-electron chi connectivity index (χ3n) is 5.48. The Kier molecular flexibility index (Phi) is 5.12. The second-order valence-electron chi connectivity index (χ2n) is 8.52. The van der Waals surface area contributed by atoms with Crippen LogP contribution in [0.15, 0.2) is 29.3 Å². The van der Waals surface area contributed by atoms with Gasteiger partial charge in [-0.05, 0) is 51.5 Å². The number of benzene rings is 1. The van der Waals surface area contributed by atoms with Crippen molar-refractivity contribution in [1.29, 1.82) is 0 Å². The van der Waals surface area contributed by atoms with Gasteiger partial charge in [0.2, 0.25) is 0 Å². The third kappa shape index (κ3) is 4.02. The van der Waals surface area contributed by atoms with Crippen LogP contribution in [0.5, 0.6) is 10.8 Å². The molecule has 0 bridgehead atoms. The summed E-state index contributed by atoms with van der Waals surface area (Å²) in [4.78, 5) is 22.2. The lowest BCUT2D eigenvalue weighted by molar-refractivity contribution is -0.148. The van der Waals surface area contributed by atoms with Crippen LogP contribution in [0.2, 0.25) is 0 Å². The van der Waals surface area contributed by atoms with Gasteiger partial charge in [-0.2, -0.15) is 0 Å². The van der Waals surface area contributed by atoms with Gasteiger partial charge in [0.1, 0.15) is 11.5 Å². The molecule has 0 amide bonds. The maximum absolute atomic E-state index is 11.5. The first-order chi connectivity index (χ1) is 13.7. The predicted octanol–water partition coefficient (Wildman–Crippen LogP) is 4.28. The highest BCUT2D eigenvalue weighted by atomic mass is 32.1. The summed E-state index contributed by atoms with van der Waals surface area (Å²) in [7, 11) is 0. The van der Waals surface area contributed by atoms with Gasteiger partial charge in [-0.3, -0.25) is 9.69 Å². The van der Waals surface area contributed by atoms with E-state index in [9.17, 15) is 9.90 Å². The molecule has 1 aromatic carbocycles. The SMILES string of the molecule is Cc1ccc2c(c1)Oc1sc(C)cc1C(N1CCN(CC(C)(C)C(=O)O)CC1)=N2. The molecule has 29 heavy (non-hydrogen) atoms. The van der Waals surface area contributed by atoms with E-state index in [0.717, 1.165) is 59.6 Å². The minimum atomic E-state index is -0.754. The van der Waals surface area contributed by atoms with Crippen LogP contribution in [0.4, 0.5) is 5.69 Å². The van der Waals surface area contributed by atoms with E-state index in [0.29, 0.717) is 6.54 Å². The van der Waals surface area contributed by atoms with Crippen LogP contribution in [0.25, 0.3) is 0 Å². The molecule has 3 heterocycles. The Labute approximate surface area is 175 Å². The number of aliphatic carboxylic acids is 1. The summed E-state index contributed by atoms with van der Waals surface area (Å²) in [5.41, 5.74) is 2.29. The number of fused-ring (bicyclic) bond motifs is 2. The van der Waals surface area contributed by atoms with Crippen molar-refractivity contribution in [2.45, 2.75) is 27.7 Å². The van der Waals surface area contributed by atoms with E-state index in [1.165, 1.54) is 4.88 Å². The maximum Gasteiger partial charge on any atom is 0.310 e. The molecule has 6 nitrogen and oxygen atoms in total. The molecule has 4 rings (SSSR count). The van der Waals surface area contributed by atoms with E-state index in [1.807, 2.05) is 12.1 Å². The average molecular weight is 414 g/mol. The highest BCUT2D eigenvalue weighted by Crippen LogP contribution is 2.42. The number of carbonyl (C=O) groups is 1. The molecule has 2 aliphatic rings. The van der Waals surface area contributed by atoms with Crippen molar-refractivity contribution in [3.63, 3.8) is 0 Å². The molecule has 0 unspecified atom stereocenters. The van der Waals surface area contributed by atoms with Crippen molar-refractivity contribution in [1.82, 2.24) is 9.80 Å². The van der Waals surface area contributed by atoms with Gasteiger partial charge in [-0.15, -0.1) is 11.3 Å². The van der Waals surface area contributed by atoms with E-state index >= 15 is 0 Å². The molecule has 1 saturated heterocycles. The first-order valence-electron chi connectivity index (χ1n) is 9.92. The van der Waals surface area contributed by atoms with E-state index in [4.69, 9.17) is 9.73 Å². The maximum atomic E-state index is 11.5. The van der Waals surface area contributed by atoms with Crippen molar-refractivity contribution < 1.29 is 14.6 Å². The lowest BCUT2D eigenvalue weighted by atomic mass is 9.93. The smallest absolute Gasteiger partial charge is 0.310 e. The number of nitrogens with zero attached hydrogens (tertiary/aromatic N) is 3. The number of carboxylic acids is 1. The summed E-state index contributed by atoms with van der Waals surface area (Å²) in [6.07, 6.45) is 0. The first-order valence-corrected chi connectivity index (χ1v) is 10.7. The molecule has 1 fully saturated rings. The Hall–Kier alpha value is -2.38. The molecule has 0 spiro atoms. The molecular weight excluding hydrogens is 386 g/mol. The molecule has 2 aliphatic heterocycles. The quantitative estimate of drug-likeness (QED) is 0.814. The van der Waals surface area contributed by atoms with Crippen LogP contribution in [0.1, 0.15) is 29.9 Å². The lowest BCUT2D eigenvalue weighted by Crippen LogP contribution is -2.51. The standard InChI is InChI=1S/C22H27N3O3S/c1-14-5-6-17-18(11-14)28-20-16(12-15(2)29-20)19(23-17)25-9-7-24(8-10-25)13-22(3,4)21(26)27/h5-6,11-12H,7-10,13H2,1-4H3,(H,26,27). The molecule has 0 saturated carbocycles. The monoisotopic (exact) mass is 413 g/mol. The van der Waals surface area contributed by atoms with Crippen molar-refractivity contribution in [2.24, 2.45) is 10.4 Å². The summed E-state index contributed by atoms with van der Waals surface area (Å²) >= 11 is 1.65. The molecule has 2 aromatic rings. The van der Waals surface area contributed by atoms with Crippen molar-refractivity contribution in [2.75, 3.05) is 32.7 Å². The number of carboxylic acid groups (broad SMARTS) is 1. The number of piperazine rings is 1. The van der Waals surface area contributed by atoms with Gasteiger partial charge in [-0.25, -0.2) is 4.99 Å². The molecule has 0 aliphatic carbocycles. The zero-order chi connectivity index (χ0) is 20.8. The number of amidine groups is 1. The molecule has 1 N–H and O–H groups in total. The van der Waals surface area contributed by atoms with E-state index in [2.05, 4.69) is 35.8 Å². The second-order valence-corrected chi connectivity index (χ2v) is 9.74. The molecule has 7 heteroatoms. The number of aryl methyl sites for hydroxylation is 2. The number of aliphatic imine (C=N–C) groups is 1. The minimum absolute atomic E-state index is 0.552. The summed E-state index contributed by atoms with van der Waals surface area (Å²) in [5.74, 6) is 0.990. The Bertz CT molecular complexity index is 972. The Morgan fingerprint density at radius 2 is 1.93 bits per heavy atom. The largest absolute Gasteiger partial charge is 0.481 e. The predicted molar refractivity (Wildman–Crippen MR) is 116 cm³/mol. The highest BCUT2D eigenvalue weighted by Gasteiger charge is 2.33. The first kappa shape index (κ1) is 19.9. The summed E-state index contributed by atoms with van der Waals surface area (Å²) in [6, 6.07) is 8.25. The number of hydrogen-bond acceptors (Lipinski definition) is 6. The topological polar surface area (TPSA) is 65.4 Å². The van der Waals surface area contributed by atoms with Gasteiger partial charge < -0.3 is 14.7 Å². The molecule has 154 valence electrons. The fourth-order valence-electron chi connectivity index (χ4n) is 3.78. The average Bonchev–Trinajstić information content (AvgIpc) is 2.94. The molecule has 1 aromatic heterocycles. The zero-order valence-electron chi connectivity index (χ0n) is 17.4. The number of hydrogen-bond donors (Lipinski definition) is 1. The van der Waals surface area contributed by atoms with Crippen molar-refractivity contribution in [3.8, 4) is 10.8 Å². The van der Waals surface area contributed by atoms with Crippen LogP contribution in [-0.4, -0.2) is 59.4 Å². The zero-order valence-corrected chi connectivity index (χ0v) is 18.2. The number of ether oxygens (including phenoxy) is 1. The minimum Gasteiger partial charge on any atom is -0.481 e. The summed E-state index contributed by atoms with van der Waals surface area (Å²) < 4.78 is 6.24.